The first-order valence-electron chi connectivity index (χ1n) is 5.06. The Bertz CT molecular complexity index is 626. The maximum atomic E-state index is 11.8. The third-order valence-electron chi connectivity index (χ3n) is 2.84. The van der Waals surface area contributed by atoms with E-state index in [2.05, 4.69) is 0 Å². The highest BCUT2D eigenvalue weighted by Gasteiger charge is 2.07. The number of rotatable bonds is 0. The van der Waals surface area contributed by atoms with E-state index >= 15 is 0 Å². The van der Waals surface area contributed by atoms with Crippen LogP contribution < -0.4 is 5.11 Å². The Labute approximate surface area is 92.4 Å². The van der Waals surface area contributed by atoms with E-state index in [-0.39, 0.29) is 0 Å². The van der Waals surface area contributed by atoms with Gasteiger partial charge in [0.1, 0.15) is 0 Å². The first-order chi connectivity index (χ1) is 7.79. The van der Waals surface area contributed by atoms with Gasteiger partial charge in [-0.2, -0.15) is 0 Å². The van der Waals surface area contributed by atoms with E-state index < -0.39 is 11.5 Å². The number of fused-ring (bicyclic) bond motifs is 3. The molecule has 0 saturated heterocycles. The Morgan fingerprint density at radius 3 is 1.75 bits per heavy atom. The van der Waals surface area contributed by atoms with E-state index in [1.807, 2.05) is 24.3 Å². The van der Waals surface area contributed by atoms with E-state index in [1.165, 1.54) is 0 Å². The van der Waals surface area contributed by atoms with Crippen LogP contribution >= 0.6 is 0 Å². The average Bonchev–Trinajstić information content (AvgIpc) is 2.36. The molecule has 0 atom stereocenters. The van der Waals surface area contributed by atoms with Crippen molar-refractivity contribution in [2.24, 2.45) is 0 Å². The molecule has 0 aromatic heterocycles. The van der Waals surface area contributed by atoms with E-state index in [0.29, 0.717) is 10.8 Å². The lowest BCUT2D eigenvalue weighted by Crippen LogP contribution is -1.92. The van der Waals surface area contributed by atoms with Crippen LogP contribution in [0.5, 0.6) is 11.5 Å². The third kappa shape index (κ3) is 1.07. The molecular weight excluding hydrogens is 200 g/mol. The van der Waals surface area contributed by atoms with Gasteiger partial charge in [-0.1, -0.05) is 54.3 Å². The van der Waals surface area contributed by atoms with E-state index in [4.69, 9.17) is 0 Å². The topological polar surface area (TPSA) is 43.0 Å². The molecule has 77 valence electrons. The molecule has 3 rings (SSSR count). The standard InChI is InChI=1S/C14H9O2/c15-13-11-7-3-1-5-9(11)10-6-2-4-8-12(10)14(13)16/h1-8,15H/p-1. The van der Waals surface area contributed by atoms with Crippen LogP contribution in [0.2, 0.25) is 0 Å². The van der Waals surface area contributed by atoms with Gasteiger partial charge in [-0.3, -0.25) is 5.11 Å². The molecule has 0 N–H and O–H groups in total. The van der Waals surface area contributed by atoms with Gasteiger partial charge in [0.15, 0.2) is 5.75 Å². The quantitative estimate of drug-likeness (QED) is 0.523. The highest BCUT2D eigenvalue weighted by atomic mass is 16.3. The van der Waals surface area contributed by atoms with Gasteiger partial charge in [-0.05, 0) is 16.2 Å². The molecule has 0 aliphatic carbocycles. The van der Waals surface area contributed by atoms with Crippen LogP contribution in [0.15, 0.2) is 48.5 Å². The molecule has 3 aromatic rings. The van der Waals surface area contributed by atoms with Crippen molar-refractivity contribution in [2.75, 3.05) is 0 Å². The highest BCUT2D eigenvalue weighted by Crippen LogP contribution is 2.40. The normalized spacial score (nSPS) is 11.0. The summed E-state index contributed by atoms with van der Waals surface area (Å²) in [5.41, 5.74) is 0. The summed E-state index contributed by atoms with van der Waals surface area (Å²) in [6, 6.07) is 14.4. The predicted molar refractivity (Wildman–Crippen MR) is 61.0 cm³/mol. The molecule has 3 aromatic carbocycles. The Morgan fingerprint density at radius 2 is 1.12 bits per heavy atom. The molecular formula is C14H8O2-. The zero-order chi connectivity index (χ0) is 11.1. The molecule has 0 aliphatic heterocycles. The van der Waals surface area contributed by atoms with Crippen LogP contribution in [0.25, 0.3) is 21.5 Å². The second kappa shape index (κ2) is 3.14. The van der Waals surface area contributed by atoms with Gasteiger partial charge in [0.2, 0.25) is 0 Å². The summed E-state index contributed by atoms with van der Waals surface area (Å²) < 4.78 is 0. The van der Waals surface area contributed by atoms with Crippen LogP contribution in [0, 0.1) is 0 Å². The zero-order valence-electron chi connectivity index (χ0n) is 8.44. The fraction of sp³-hybridized carbons (Fsp3) is 0. The molecule has 0 unspecified atom stereocenters. The second-order valence-electron chi connectivity index (χ2n) is 3.75. The minimum atomic E-state index is -0.408. The minimum absolute atomic E-state index is 0.408. The van der Waals surface area contributed by atoms with Crippen LogP contribution in [-0.2, 0) is 5.11 Å². The number of hydrogen-bond acceptors (Lipinski definition) is 1. The molecule has 0 spiro atoms. The monoisotopic (exact) mass is 208 g/mol. The first-order valence-corrected chi connectivity index (χ1v) is 5.06. The maximum Gasteiger partial charge on any atom is 0.179 e. The lowest BCUT2D eigenvalue weighted by atomic mass is 10.0. The predicted octanol–water partition coefficient (Wildman–Crippen LogP) is 3.21. The molecule has 0 saturated carbocycles. The van der Waals surface area contributed by atoms with Crippen LogP contribution in [0.1, 0.15) is 0 Å². The summed E-state index contributed by atoms with van der Waals surface area (Å²) >= 11 is 0. The Morgan fingerprint density at radius 1 is 0.688 bits per heavy atom. The Hall–Kier alpha value is -2.22. The Kier molecular flexibility index (Phi) is 1.77. The molecule has 1 radical (unpaired) electrons. The van der Waals surface area contributed by atoms with Gasteiger partial charge in [-0.25, -0.2) is 0 Å². The summed E-state index contributed by atoms with van der Waals surface area (Å²) in [5, 5.41) is 26.4. The van der Waals surface area contributed by atoms with Gasteiger partial charge < -0.3 is 5.11 Å². The molecule has 0 amide bonds. The lowest BCUT2D eigenvalue weighted by Gasteiger charge is -2.14. The second-order valence-corrected chi connectivity index (χ2v) is 3.75. The van der Waals surface area contributed by atoms with Crippen molar-refractivity contribution < 1.29 is 10.2 Å². The minimum Gasteiger partial charge on any atom is -0.869 e. The SMILES string of the molecule is [O]c1c([O-])c2ccccc2c2ccccc12. The van der Waals surface area contributed by atoms with Crippen LogP contribution in [-0.4, -0.2) is 0 Å². The zero-order valence-corrected chi connectivity index (χ0v) is 8.44. The van der Waals surface area contributed by atoms with E-state index in [9.17, 15) is 10.2 Å². The summed E-state index contributed by atoms with van der Waals surface area (Å²) in [5.74, 6) is -0.816. The third-order valence-corrected chi connectivity index (χ3v) is 2.84. The largest absolute Gasteiger partial charge is 0.869 e. The van der Waals surface area contributed by atoms with Crippen molar-refractivity contribution in [3.05, 3.63) is 48.5 Å². The molecule has 0 fully saturated rings. The van der Waals surface area contributed by atoms with Crippen molar-refractivity contribution >= 4 is 21.5 Å². The molecule has 0 heterocycles. The van der Waals surface area contributed by atoms with Crippen LogP contribution in [0.3, 0.4) is 0 Å². The highest BCUT2D eigenvalue weighted by molar-refractivity contribution is 6.13. The molecule has 2 heteroatoms. The van der Waals surface area contributed by atoms with Gasteiger partial charge in [0, 0.05) is 5.39 Å². The summed E-state index contributed by atoms with van der Waals surface area (Å²) in [4.78, 5) is 0. The summed E-state index contributed by atoms with van der Waals surface area (Å²) in [6.07, 6.45) is 0. The van der Waals surface area contributed by atoms with Gasteiger partial charge in [0.25, 0.3) is 0 Å². The fourth-order valence-corrected chi connectivity index (χ4v) is 2.08. The van der Waals surface area contributed by atoms with Crippen molar-refractivity contribution in [2.45, 2.75) is 0 Å². The lowest BCUT2D eigenvalue weighted by molar-refractivity contribution is -0.268. The van der Waals surface area contributed by atoms with E-state index in [1.54, 1.807) is 24.3 Å². The van der Waals surface area contributed by atoms with Crippen molar-refractivity contribution in [1.82, 2.24) is 0 Å². The van der Waals surface area contributed by atoms with Crippen molar-refractivity contribution in [3.63, 3.8) is 0 Å². The first kappa shape index (κ1) is 9.04. The fourth-order valence-electron chi connectivity index (χ4n) is 2.08. The molecule has 0 aliphatic rings. The number of benzene rings is 3. The van der Waals surface area contributed by atoms with Crippen molar-refractivity contribution in [3.8, 4) is 11.5 Å². The van der Waals surface area contributed by atoms with Crippen molar-refractivity contribution in [1.29, 1.82) is 0 Å². The average molecular weight is 208 g/mol. The molecule has 16 heavy (non-hydrogen) atoms. The number of hydrogen-bond donors (Lipinski definition) is 0. The molecule has 2 nitrogen and oxygen atoms in total. The summed E-state index contributed by atoms with van der Waals surface area (Å²) in [6.45, 7) is 0. The van der Waals surface area contributed by atoms with Gasteiger partial charge in [-0.15, -0.1) is 0 Å². The Balaban J connectivity index is 2.69. The molecule has 0 bridgehead atoms. The van der Waals surface area contributed by atoms with E-state index in [0.717, 1.165) is 10.8 Å². The maximum absolute atomic E-state index is 11.8. The smallest absolute Gasteiger partial charge is 0.179 e. The summed E-state index contributed by atoms with van der Waals surface area (Å²) in [7, 11) is 0. The van der Waals surface area contributed by atoms with Crippen LogP contribution in [0.4, 0.5) is 0 Å². The van der Waals surface area contributed by atoms with Gasteiger partial charge in [0.05, 0.1) is 0 Å². The van der Waals surface area contributed by atoms with Gasteiger partial charge >= 0.3 is 0 Å².